The van der Waals surface area contributed by atoms with Gasteiger partial charge in [0.05, 0.1) is 0 Å². The molecule has 2 heteroatoms. The van der Waals surface area contributed by atoms with Crippen molar-refractivity contribution in [3.63, 3.8) is 0 Å². The molecule has 1 saturated heterocycles. The van der Waals surface area contributed by atoms with Gasteiger partial charge in [0.25, 0.3) is 0 Å². The lowest BCUT2D eigenvalue weighted by Gasteiger charge is -2.37. The van der Waals surface area contributed by atoms with Gasteiger partial charge in [-0.2, -0.15) is 0 Å². The predicted octanol–water partition coefficient (Wildman–Crippen LogP) is 3.47. The normalized spacial score (nSPS) is 37.4. The van der Waals surface area contributed by atoms with Gasteiger partial charge < -0.3 is 10.6 Å². The van der Waals surface area contributed by atoms with Crippen molar-refractivity contribution >= 4 is 0 Å². The average Bonchev–Trinajstić information content (AvgIpc) is 3.00. The third-order valence-electron chi connectivity index (χ3n) is 5.91. The molecule has 19 heavy (non-hydrogen) atoms. The van der Waals surface area contributed by atoms with Gasteiger partial charge in [-0.05, 0) is 62.8 Å². The Morgan fingerprint density at radius 3 is 2.63 bits per heavy atom. The number of nitrogens with one attached hydrogen (secondary N) is 2. The summed E-state index contributed by atoms with van der Waals surface area (Å²) in [5.74, 6) is 0.911. The van der Waals surface area contributed by atoms with Gasteiger partial charge in [0.1, 0.15) is 0 Å². The van der Waals surface area contributed by atoms with Crippen molar-refractivity contribution in [2.24, 2.45) is 11.3 Å². The second kappa shape index (κ2) is 6.13. The molecule has 2 nitrogen and oxygen atoms in total. The van der Waals surface area contributed by atoms with Crippen molar-refractivity contribution in [1.29, 1.82) is 0 Å². The van der Waals surface area contributed by atoms with E-state index in [0.29, 0.717) is 5.41 Å². The summed E-state index contributed by atoms with van der Waals surface area (Å²) < 4.78 is 0. The van der Waals surface area contributed by atoms with E-state index in [9.17, 15) is 0 Å². The van der Waals surface area contributed by atoms with Crippen LogP contribution < -0.4 is 10.6 Å². The quantitative estimate of drug-likeness (QED) is 0.767. The van der Waals surface area contributed by atoms with Gasteiger partial charge in [0.2, 0.25) is 0 Å². The first-order valence-electron chi connectivity index (χ1n) is 8.80. The van der Waals surface area contributed by atoms with Crippen LogP contribution >= 0.6 is 0 Å². The molecule has 0 radical (unpaired) electrons. The highest BCUT2D eigenvalue weighted by Crippen LogP contribution is 2.49. The van der Waals surface area contributed by atoms with Crippen LogP contribution in [0.15, 0.2) is 0 Å². The molecule has 3 aliphatic rings. The fraction of sp³-hybridized carbons (Fsp3) is 1.00. The Hall–Kier alpha value is -0.0800. The Morgan fingerprint density at radius 2 is 1.95 bits per heavy atom. The van der Waals surface area contributed by atoms with Crippen molar-refractivity contribution in [3.05, 3.63) is 0 Å². The average molecular weight is 264 g/mol. The van der Waals surface area contributed by atoms with E-state index in [0.717, 1.165) is 18.0 Å². The van der Waals surface area contributed by atoms with E-state index in [1.54, 1.807) is 0 Å². The molecule has 2 saturated carbocycles. The smallest absolute Gasteiger partial charge is 0.0111 e. The van der Waals surface area contributed by atoms with Crippen molar-refractivity contribution < 1.29 is 0 Å². The molecule has 0 bridgehead atoms. The van der Waals surface area contributed by atoms with Crippen LogP contribution in [0.25, 0.3) is 0 Å². The Morgan fingerprint density at radius 1 is 1.11 bits per heavy atom. The summed E-state index contributed by atoms with van der Waals surface area (Å²) in [7, 11) is 0. The summed E-state index contributed by atoms with van der Waals surface area (Å²) >= 11 is 0. The standard InChI is InChI=1S/C17H32N2/c1-2-9-17(10-11-17)13-19-16-7-4-3-6-14(16)15-8-5-12-18-15/h14-16,18-19H,2-13H2,1H3. The SMILES string of the molecule is CCCC1(CNC2CCCCC2C2CCCN2)CC1. The summed E-state index contributed by atoms with van der Waals surface area (Å²) in [4.78, 5) is 0. The fourth-order valence-corrected chi connectivity index (χ4v) is 4.54. The molecule has 110 valence electrons. The van der Waals surface area contributed by atoms with E-state index in [1.807, 2.05) is 0 Å². The van der Waals surface area contributed by atoms with Gasteiger partial charge in [0, 0.05) is 18.6 Å². The molecule has 1 aliphatic heterocycles. The molecular formula is C17H32N2. The van der Waals surface area contributed by atoms with Gasteiger partial charge in [-0.25, -0.2) is 0 Å². The molecule has 2 N–H and O–H groups in total. The first-order valence-corrected chi connectivity index (χ1v) is 8.80. The van der Waals surface area contributed by atoms with Crippen molar-refractivity contribution in [1.82, 2.24) is 10.6 Å². The summed E-state index contributed by atoms with van der Waals surface area (Å²) in [6.07, 6.45) is 14.4. The monoisotopic (exact) mass is 264 g/mol. The summed E-state index contributed by atoms with van der Waals surface area (Å²) in [6, 6.07) is 1.62. The Bertz CT molecular complexity index is 279. The first-order chi connectivity index (χ1) is 9.33. The van der Waals surface area contributed by atoms with Gasteiger partial charge >= 0.3 is 0 Å². The summed E-state index contributed by atoms with van der Waals surface area (Å²) in [5, 5.41) is 7.75. The van der Waals surface area contributed by atoms with Crippen LogP contribution in [0, 0.1) is 11.3 Å². The zero-order valence-electron chi connectivity index (χ0n) is 12.7. The van der Waals surface area contributed by atoms with Gasteiger partial charge in [-0.3, -0.25) is 0 Å². The molecule has 0 aromatic carbocycles. The molecule has 0 spiro atoms. The Labute approximate surface area is 119 Å². The maximum atomic E-state index is 4.00. The third kappa shape index (κ3) is 3.33. The maximum Gasteiger partial charge on any atom is 0.0111 e. The largest absolute Gasteiger partial charge is 0.314 e. The zero-order valence-corrected chi connectivity index (χ0v) is 12.7. The molecule has 1 heterocycles. The van der Waals surface area contributed by atoms with Crippen LogP contribution in [0.4, 0.5) is 0 Å². The first kappa shape index (κ1) is 13.9. The highest BCUT2D eigenvalue weighted by molar-refractivity contribution is 4.97. The molecule has 3 atom stereocenters. The fourth-order valence-electron chi connectivity index (χ4n) is 4.54. The topological polar surface area (TPSA) is 24.1 Å². The lowest BCUT2D eigenvalue weighted by molar-refractivity contribution is 0.204. The number of hydrogen-bond donors (Lipinski definition) is 2. The van der Waals surface area contributed by atoms with Crippen LogP contribution in [0.1, 0.15) is 71.1 Å². The number of hydrogen-bond acceptors (Lipinski definition) is 2. The molecular weight excluding hydrogens is 232 g/mol. The Kier molecular flexibility index (Phi) is 4.48. The maximum absolute atomic E-state index is 4.00. The predicted molar refractivity (Wildman–Crippen MR) is 81.3 cm³/mol. The van der Waals surface area contributed by atoms with Crippen LogP contribution in [0.2, 0.25) is 0 Å². The van der Waals surface area contributed by atoms with E-state index in [2.05, 4.69) is 17.6 Å². The van der Waals surface area contributed by atoms with Crippen LogP contribution in [0.5, 0.6) is 0 Å². The van der Waals surface area contributed by atoms with E-state index in [-0.39, 0.29) is 0 Å². The van der Waals surface area contributed by atoms with E-state index < -0.39 is 0 Å². The third-order valence-corrected chi connectivity index (χ3v) is 5.91. The molecule has 3 fully saturated rings. The molecule has 2 aliphatic carbocycles. The molecule has 3 unspecified atom stereocenters. The molecule has 0 amide bonds. The van der Waals surface area contributed by atoms with Gasteiger partial charge in [-0.15, -0.1) is 0 Å². The minimum Gasteiger partial charge on any atom is -0.314 e. The summed E-state index contributed by atoms with van der Waals surface area (Å²) in [6.45, 7) is 4.90. The van der Waals surface area contributed by atoms with Crippen LogP contribution in [-0.4, -0.2) is 25.2 Å². The van der Waals surface area contributed by atoms with Crippen molar-refractivity contribution in [2.45, 2.75) is 83.2 Å². The van der Waals surface area contributed by atoms with Crippen LogP contribution in [-0.2, 0) is 0 Å². The van der Waals surface area contributed by atoms with E-state index in [1.165, 1.54) is 77.3 Å². The number of rotatable bonds is 6. The van der Waals surface area contributed by atoms with Gasteiger partial charge in [-0.1, -0.05) is 26.2 Å². The lowest BCUT2D eigenvalue weighted by atomic mass is 9.79. The van der Waals surface area contributed by atoms with E-state index >= 15 is 0 Å². The minimum absolute atomic E-state index is 0.708. The van der Waals surface area contributed by atoms with E-state index in [4.69, 9.17) is 0 Å². The van der Waals surface area contributed by atoms with Crippen molar-refractivity contribution in [2.75, 3.05) is 13.1 Å². The highest BCUT2D eigenvalue weighted by Gasteiger charge is 2.42. The zero-order chi connectivity index (χ0) is 13.1. The molecule has 0 aromatic rings. The second-order valence-electron chi connectivity index (χ2n) is 7.39. The van der Waals surface area contributed by atoms with Gasteiger partial charge in [0.15, 0.2) is 0 Å². The Balaban J connectivity index is 1.52. The van der Waals surface area contributed by atoms with Crippen molar-refractivity contribution in [3.8, 4) is 0 Å². The summed E-state index contributed by atoms with van der Waals surface area (Å²) in [5.41, 5.74) is 0.708. The minimum atomic E-state index is 0.708. The second-order valence-corrected chi connectivity index (χ2v) is 7.39. The molecule has 0 aromatic heterocycles. The highest BCUT2D eigenvalue weighted by atomic mass is 15.0. The van der Waals surface area contributed by atoms with Crippen LogP contribution in [0.3, 0.4) is 0 Å². The lowest BCUT2D eigenvalue weighted by Crippen LogP contribution is -2.48. The molecule has 3 rings (SSSR count).